The van der Waals surface area contributed by atoms with Crippen LogP contribution in [0.3, 0.4) is 0 Å². The fourth-order valence-electron chi connectivity index (χ4n) is 0.930. The van der Waals surface area contributed by atoms with Gasteiger partial charge >= 0.3 is 0 Å². The third-order valence-electron chi connectivity index (χ3n) is 1.53. The summed E-state index contributed by atoms with van der Waals surface area (Å²) in [4.78, 5) is 11.3. The predicted octanol–water partition coefficient (Wildman–Crippen LogP) is 2.03. The highest BCUT2D eigenvalue weighted by atomic mass is 35.5. The zero-order chi connectivity index (χ0) is 11.5. The lowest BCUT2D eigenvalue weighted by molar-refractivity contribution is -0.115. The van der Waals surface area contributed by atoms with E-state index in [-0.39, 0.29) is 5.75 Å². The van der Waals surface area contributed by atoms with Crippen molar-refractivity contribution >= 4 is 40.6 Å². The summed E-state index contributed by atoms with van der Waals surface area (Å²) in [7, 11) is 0. The Kier molecular flexibility index (Phi) is 3.47. The van der Waals surface area contributed by atoms with E-state index in [9.17, 15) is 4.79 Å². The van der Waals surface area contributed by atoms with Crippen molar-refractivity contribution in [1.29, 1.82) is 0 Å². The topological polar surface area (TPSA) is 82.0 Å². The van der Waals surface area contributed by atoms with Crippen LogP contribution >= 0.6 is 34.7 Å². The average Bonchev–Trinajstić information content (AvgIpc) is 2.83. The normalized spacial score (nSPS) is 10.6. The minimum atomic E-state index is -0.427. The first kappa shape index (κ1) is 11.4. The smallest absolute Gasteiger partial charge is 0.277 e. The summed E-state index contributed by atoms with van der Waals surface area (Å²) in [6.45, 7) is 0. The van der Waals surface area contributed by atoms with Crippen molar-refractivity contribution in [2.75, 3.05) is 5.75 Å². The van der Waals surface area contributed by atoms with Crippen molar-refractivity contribution in [3.8, 4) is 10.8 Å². The molecular formula is C8H6ClN3O2S2. The first-order valence-corrected chi connectivity index (χ1v) is 6.33. The Balaban J connectivity index is 2.10. The van der Waals surface area contributed by atoms with Crippen LogP contribution in [0, 0.1) is 0 Å². The van der Waals surface area contributed by atoms with E-state index in [4.69, 9.17) is 21.8 Å². The van der Waals surface area contributed by atoms with Gasteiger partial charge in [-0.25, -0.2) is 0 Å². The quantitative estimate of drug-likeness (QED) is 0.864. The predicted molar refractivity (Wildman–Crippen MR) is 62.5 cm³/mol. The van der Waals surface area contributed by atoms with E-state index >= 15 is 0 Å². The molecule has 8 heteroatoms. The van der Waals surface area contributed by atoms with Crippen LogP contribution in [0.25, 0.3) is 10.8 Å². The molecule has 2 heterocycles. The summed E-state index contributed by atoms with van der Waals surface area (Å²) in [6.07, 6.45) is 0. The Bertz CT molecular complexity index is 511. The van der Waals surface area contributed by atoms with Crippen molar-refractivity contribution in [3.63, 3.8) is 0 Å². The third-order valence-corrected chi connectivity index (χ3v) is 3.59. The largest absolute Gasteiger partial charge is 0.410 e. The van der Waals surface area contributed by atoms with Gasteiger partial charge in [0, 0.05) is 0 Å². The fourth-order valence-corrected chi connectivity index (χ4v) is 2.40. The number of thiophene rings is 1. The van der Waals surface area contributed by atoms with Gasteiger partial charge in [-0.3, -0.25) is 4.79 Å². The number of hydrogen-bond donors (Lipinski definition) is 1. The zero-order valence-corrected chi connectivity index (χ0v) is 10.2. The number of thioether (sulfide) groups is 1. The first-order valence-electron chi connectivity index (χ1n) is 4.15. The van der Waals surface area contributed by atoms with E-state index in [0.717, 1.165) is 16.6 Å². The Labute approximate surface area is 104 Å². The van der Waals surface area contributed by atoms with Gasteiger partial charge in [0.1, 0.15) is 0 Å². The Morgan fingerprint density at radius 1 is 1.56 bits per heavy atom. The molecule has 84 valence electrons. The molecule has 1 amide bonds. The van der Waals surface area contributed by atoms with E-state index in [1.165, 1.54) is 11.3 Å². The molecule has 0 aliphatic carbocycles. The van der Waals surface area contributed by atoms with E-state index < -0.39 is 5.91 Å². The Morgan fingerprint density at radius 2 is 2.38 bits per heavy atom. The van der Waals surface area contributed by atoms with Gasteiger partial charge in [0.2, 0.25) is 5.91 Å². The van der Waals surface area contributed by atoms with Gasteiger partial charge in [-0.1, -0.05) is 23.4 Å². The highest BCUT2D eigenvalue weighted by Gasteiger charge is 2.11. The molecular weight excluding hydrogens is 270 g/mol. The summed E-state index contributed by atoms with van der Waals surface area (Å²) in [5, 5.41) is 7.93. The Morgan fingerprint density at radius 3 is 3.00 bits per heavy atom. The number of nitrogens with two attached hydrogens (primary N) is 1. The average molecular weight is 276 g/mol. The summed E-state index contributed by atoms with van der Waals surface area (Å²) in [5.41, 5.74) is 5.00. The van der Waals surface area contributed by atoms with Gasteiger partial charge in [-0.05, 0) is 12.1 Å². The summed E-state index contributed by atoms with van der Waals surface area (Å²) in [5.74, 6) is 0.0834. The third kappa shape index (κ3) is 2.75. The molecule has 5 nitrogen and oxygen atoms in total. The van der Waals surface area contributed by atoms with E-state index in [1.54, 1.807) is 12.1 Å². The van der Waals surface area contributed by atoms with Crippen LogP contribution in [0.15, 0.2) is 21.8 Å². The number of nitrogens with zero attached hydrogens (tertiary/aromatic N) is 2. The molecule has 0 atom stereocenters. The molecule has 0 bridgehead atoms. The molecule has 0 aliphatic rings. The highest BCUT2D eigenvalue weighted by Crippen LogP contribution is 2.31. The monoisotopic (exact) mass is 275 g/mol. The molecule has 0 aromatic carbocycles. The maximum atomic E-state index is 10.5. The van der Waals surface area contributed by atoms with Gasteiger partial charge in [0.15, 0.2) is 0 Å². The van der Waals surface area contributed by atoms with Crippen molar-refractivity contribution in [2.24, 2.45) is 5.73 Å². The van der Waals surface area contributed by atoms with Crippen LogP contribution < -0.4 is 5.73 Å². The van der Waals surface area contributed by atoms with Gasteiger partial charge in [0.05, 0.1) is 15.0 Å². The summed E-state index contributed by atoms with van der Waals surface area (Å²) < 4.78 is 5.97. The standard InChI is InChI=1S/C8H6ClN3O2S2/c9-5-2-1-4(16-5)7-11-12-8(14-7)15-3-6(10)13/h1-2H,3H2,(H2,10,13). The maximum absolute atomic E-state index is 10.5. The molecule has 0 saturated carbocycles. The highest BCUT2D eigenvalue weighted by molar-refractivity contribution is 7.99. The number of carbonyl (C=O) groups excluding carboxylic acids is 1. The molecule has 0 fully saturated rings. The van der Waals surface area contributed by atoms with Crippen LogP contribution in [-0.2, 0) is 4.79 Å². The molecule has 0 radical (unpaired) electrons. The second-order valence-corrected chi connectivity index (χ2v) is 5.37. The van der Waals surface area contributed by atoms with Crippen LogP contribution in [0.2, 0.25) is 4.34 Å². The van der Waals surface area contributed by atoms with Gasteiger partial charge in [0.25, 0.3) is 11.1 Å². The summed E-state index contributed by atoms with van der Waals surface area (Å²) in [6, 6.07) is 3.55. The lowest BCUT2D eigenvalue weighted by Gasteiger charge is -1.89. The van der Waals surface area contributed by atoms with E-state index in [2.05, 4.69) is 10.2 Å². The molecule has 0 saturated heterocycles. The second kappa shape index (κ2) is 4.86. The molecule has 2 rings (SSSR count). The fraction of sp³-hybridized carbons (Fsp3) is 0.125. The molecule has 2 aromatic rings. The lowest BCUT2D eigenvalue weighted by atomic mass is 10.5. The number of aromatic nitrogens is 2. The van der Waals surface area contributed by atoms with Crippen molar-refractivity contribution in [3.05, 3.63) is 16.5 Å². The van der Waals surface area contributed by atoms with E-state index in [1.807, 2.05) is 0 Å². The maximum Gasteiger partial charge on any atom is 0.277 e. The van der Waals surface area contributed by atoms with Gasteiger partial charge in [-0.15, -0.1) is 21.5 Å². The number of hydrogen-bond acceptors (Lipinski definition) is 6. The molecule has 2 N–H and O–H groups in total. The molecule has 2 aromatic heterocycles. The number of halogens is 1. The SMILES string of the molecule is NC(=O)CSc1nnc(-c2ccc(Cl)s2)o1. The number of primary amides is 1. The second-order valence-electron chi connectivity index (χ2n) is 2.73. The lowest BCUT2D eigenvalue weighted by Crippen LogP contribution is -2.12. The van der Waals surface area contributed by atoms with Gasteiger partial charge < -0.3 is 10.2 Å². The van der Waals surface area contributed by atoms with Gasteiger partial charge in [-0.2, -0.15) is 0 Å². The molecule has 0 unspecified atom stereocenters. The molecule has 0 aliphatic heterocycles. The van der Waals surface area contributed by atoms with Crippen LogP contribution in [0.4, 0.5) is 0 Å². The summed E-state index contributed by atoms with van der Waals surface area (Å²) >= 11 is 8.24. The zero-order valence-electron chi connectivity index (χ0n) is 7.84. The number of carbonyl (C=O) groups is 1. The minimum absolute atomic E-state index is 0.118. The van der Waals surface area contributed by atoms with Crippen LogP contribution in [-0.4, -0.2) is 21.9 Å². The van der Waals surface area contributed by atoms with E-state index in [0.29, 0.717) is 15.4 Å². The minimum Gasteiger partial charge on any atom is -0.410 e. The molecule has 0 spiro atoms. The van der Waals surface area contributed by atoms with Crippen molar-refractivity contribution < 1.29 is 9.21 Å². The number of rotatable bonds is 4. The first-order chi connectivity index (χ1) is 7.65. The Hall–Kier alpha value is -1.05. The van der Waals surface area contributed by atoms with Crippen molar-refractivity contribution in [1.82, 2.24) is 10.2 Å². The number of amides is 1. The van der Waals surface area contributed by atoms with Crippen LogP contribution in [0.5, 0.6) is 0 Å². The van der Waals surface area contributed by atoms with Crippen molar-refractivity contribution in [2.45, 2.75) is 5.22 Å². The van der Waals surface area contributed by atoms with Crippen LogP contribution in [0.1, 0.15) is 0 Å². The molecule has 16 heavy (non-hydrogen) atoms.